The Balaban J connectivity index is 1.97. The quantitative estimate of drug-likeness (QED) is 0.260. The second-order valence-electron chi connectivity index (χ2n) is 9.47. The number of hydrogen-bond donors (Lipinski definition) is 0. The maximum atomic E-state index is 2.47. The third-order valence-electron chi connectivity index (χ3n) is 5.18. The van der Waals surface area contributed by atoms with Gasteiger partial charge in [0.25, 0.3) is 0 Å². The second-order valence-corrected chi connectivity index (χ2v) is 11.8. The van der Waals surface area contributed by atoms with Gasteiger partial charge >= 0.3 is 0 Å². The predicted molar refractivity (Wildman–Crippen MR) is 140 cm³/mol. The zero-order chi connectivity index (χ0) is 20.7. The lowest BCUT2D eigenvalue weighted by Gasteiger charge is -2.20. The average molecular weight is 594 g/mol. The van der Waals surface area contributed by atoms with Crippen LogP contribution in [0.1, 0.15) is 52.7 Å². The van der Waals surface area contributed by atoms with Crippen LogP contribution in [0.2, 0.25) is 0 Å². The minimum atomic E-state index is 0.184. The van der Waals surface area contributed by atoms with Crippen molar-refractivity contribution in [1.29, 1.82) is 0 Å². The molecule has 0 aliphatic heterocycles. The summed E-state index contributed by atoms with van der Waals surface area (Å²) in [7, 11) is 0. The Morgan fingerprint density at radius 3 is 1.04 bits per heavy atom. The lowest BCUT2D eigenvalue weighted by molar-refractivity contribution is 0.590. The van der Waals surface area contributed by atoms with E-state index in [1.165, 1.54) is 40.5 Å². The summed E-state index contributed by atoms with van der Waals surface area (Å²) in [5.41, 5.74) is 8.29. The summed E-state index contributed by atoms with van der Waals surface area (Å²) in [5.74, 6) is 0. The maximum absolute atomic E-state index is 2.47. The third-order valence-corrected chi connectivity index (χ3v) is 6.97. The molecule has 0 spiro atoms. The van der Waals surface area contributed by atoms with Crippen LogP contribution in [0.4, 0.5) is 0 Å². The van der Waals surface area contributed by atoms with Gasteiger partial charge in [0.1, 0.15) is 0 Å². The summed E-state index contributed by atoms with van der Waals surface area (Å²) in [4.78, 5) is 0. The minimum Gasteiger partial charge on any atom is -0.0579 e. The van der Waals surface area contributed by atoms with Gasteiger partial charge in [0, 0.05) is 7.14 Å². The van der Waals surface area contributed by atoms with Gasteiger partial charge in [-0.25, -0.2) is 0 Å². The van der Waals surface area contributed by atoms with Gasteiger partial charge in [-0.2, -0.15) is 0 Å². The first kappa shape index (κ1) is 21.8. The molecule has 0 fully saturated rings. The van der Waals surface area contributed by atoms with Crippen LogP contribution in [-0.2, 0) is 10.8 Å². The van der Waals surface area contributed by atoms with E-state index >= 15 is 0 Å². The molecule has 0 atom stereocenters. The van der Waals surface area contributed by atoms with Crippen molar-refractivity contribution in [3.63, 3.8) is 0 Å². The molecule has 0 saturated carbocycles. The highest BCUT2D eigenvalue weighted by molar-refractivity contribution is 14.1. The van der Waals surface area contributed by atoms with Crippen LogP contribution in [0.3, 0.4) is 0 Å². The fraction of sp³-hybridized carbons (Fsp3) is 0.308. The molecule has 0 nitrogen and oxygen atoms in total. The molecule has 0 unspecified atom stereocenters. The molecule has 0 heterocycles. The van der Waals surface area contributed by atoms with E-state index in [0.717, 1.165) is 0 Å². The minimum absolute atomic E-state index is 0.184. The molecule has 0 aromatic heterocycles. The van der Waals surface area contributed by atoms with E-state index in [0.29, 0.717) is 0 Å². The predicted octanol–water partition coefficient (Wildman–Crippen LogP) is 8.82. The number of benzene rings is 3. The molecule has 0 radical (unpaired) electrons. The molecular formula is C26H28I2. The summed E-state index contributed by atoms with van der Waals surface area (Å²) >= 11 is 4.95. The Morgan fingerprint density at radius 2 is 0.786 bits per heavy atom. The van der Waals surface area contributed by atoms with Crippen LogP contribution in [0.25, 0.3) is 22.3 Å². The first-order chi connectivity index (χ1) is 13.0. The van der Waals surface area contributed by atoms with Crippen molar-refractivity contribution in [2.24, 2.45) is 0 Å². The van der Waals surface area contributed by atoms with Crippen LogP contribution in [0, 0.1) is 7.14 Å². The highest BCUT2D eigenvalue weighted by Gasteiger charge is 2.16. The topological polar surface area (TPSA) is 0 Å². The van der Waals surface area contributed by atoms with Crippen molar-refractivity contribution in [2.75, 3.05) is 0 Å². The monoisotopic (exact) mass is 594 g/mol. The van der Waals surface area contributed by atoms with Gasteiger partial charge in [-0.3, -0.25) is 0 Å². The van der Waals surface area contributed by atoms with Gasteiger partial charge in [0.2, 0.25) is 0 Å². The zero-order valence-electron chi connectivity index (χ0n) is 17.5. The van der Waals surface area contributed by atoms with E-state index in [9.17, 15) is 0 Å². The summed E-state index contributed by atoms with van der Waals surface area (Å²) < 4.78 is 2.58. The van der Waals surface area contributed by atoms with E-state index in [2.05, 4.69) is 147 Å². The van der Waals surface area contributed by atoms with Crippen molar-refractivity contribution in [3.05, 3.63) is 78.9 Å². The van der Waals surface area contributed by atoms with Crippen molar-refractivity contribution < 1.29 is 0 Å². The molecule has 28 heavy (non-hydrogen) atoms. The SMILES string of the molecule is CC(C)(C)c1ccc(-c2cc(I)c(-c3ccc(C(C)(C)C)cc3)cc2I)cc1. The number of halogens is 2. The second kappa shape index (κ2) is 8.10. The Labute approximate surface area is 197 Å². The average Bonchev–Trinajstić information content (AvgIpc) is 2.62. The highest BCUT2D eigenvalue weighted by Crippen LogP contribution is 2.35. The summed E-state index contributed by atoms with van der Waals surface area (Å²) in [5, 5.41) is 0. The first-order valence-corrected chi connectivity index (χ1v) is 11.8. The van der Waals surface area contributed by atoms with Gasteiger partial charge in [0.05, 0.1) is 0 Å². The largest absolute Gasteiger partial charge is 0.0579 e. The molecule has 0 saturated heterocycles. The highest BCUT2D eigenvalue weighted by atomic mass is 127. The van der Waals surface area contributed by atoms with Crippen molar-refractivity contribution in [1.82, 2.24) is 0 Å². The van der Waals surface area contributed by atoms with Crippen LogP contribution < -0.4 is 0 Å². The van der Waals surface area contributed by atoms with Crippen molar-refractivity contribution >= 4 is 45.2 Å². The molecule has 3 aromatic carbocycles. The van der Waals surface area contributed by atoms with Crippen molar-refractivity contribution in [2.45, 2.75) is 52.4 Å². The van der Waals surface area contributed by atoms with Gasteiger partial charge in [0.15, 0.2) is 0 Å². The smallest absolute Gasteiger partial charge is 0.0215 e. The molecule has 2 heteroatoms. The fourth-order valence-electron chi connectivity index (χ4n) is 3.29. The molecule has 3 aromatic rings. The van der Waals surface area contributed by atoms with Crippen molar-refractivity contribution in [3.8, 4) is 22.3 Å². The Hall–Kier alpha value is -0.880. The number of rotatable bonds is 2. The third kappa shape index (κ3) is 4.81. The van der Waals surface area contributed by atoms with Crippen LogP contribution in [0.15, 0.2) is 60.7 Å². The normalized spacial score (nSPS) is 12.3. The molecule has 0 bridgehead atoms. The summed E-state index contributed by atoms with van der Waals surface area (Å²) in [6.07, 6.45) is 0. The molecule has 0 N–H and O–H groups in total. The van der Waals surface area contributed by atoms with Gasteiger partial charge in [-0.15, -0.1) is 0 Å². The van der Waals surface area contributed by atoms with Gasteiger partial charge < -0.3 is 0 Å². The Morgan fingerprint density at radius 1 is 0.500 bits per heavy atom. The van der Waals surface area contributed by atoms with E-state index in [-0.39, 0.29) is 10.8 Å². The lowest BCUT2D eigenvalue weighted by Crippen LogP contribution is -2.10. The van der Waals surface area contributed by atoms with Gasteiger partial charge in [-0.1, -0.05) is 90.1 Å². The molecule has 0 amide bonds. The molecule has 146 valence electrons. The number of hydrogen-bond acceptors (Lipinski definition) is 0. The van der Waals surface area contributed by atoms with Crippen LogP contribution >= 0.6 is 45.2 Å². The standard InChI is InChI=1S/C26H28I2/c1-25(2,3)19-11-7-17(8-12-19)21-15-24(28)22(16-23(21)27)18-9-13-20(14-10-18)26(4,5)6/h7-16H,1-6H3. The zero-order valence-corrected chi connectivity index (χ0v) is 21.8. The summed E-state index contributed by atoms with van der Waals surface area (Å²) in [6, 6.07) is 22.7. The van der Waals surface area contributed by atoms with E-state index in [1.807, 2.05) is 0 Å². The fourth-order valence-corrected chi connectivity index (χ4v) is 4.85. The van der Waals surface area contributed by atoms with E-state index in [4.69, 9.17) is 0 Å². The van der Waals surface area contributed by atoms with Crippen LogP contribution in [-0.4, -0.2) is 0 Å². The van der Waals surface area contributed by atoms with Gasteiger partial charge in [-0.05, 0) is 102 Å². The molecule has 0 aliphatic rings. The first-order valence-electron chi connectivity index (χ1n) is 9.68. The molecule has 0 aliphatic carbocycles. The Bertz CT molecular complexity index is 884. The van der Waals surface area contributed by atoms with E-state index < -0.39 is 0 Å². The lowest BCUT2D eigenvalue weighted by atomic mass is 9.86. The maximum Gasteiger partial charge on any atom is 0.0215 e. The van der Waals surface area contributed by atoms with E-state index in [1.54, 1.807) is 0 Å². The van der Waals surface area contributed by atoms with Crippen LogP contribution in [0.5, 0.6) is 0 Å². The molecular weight excluding hydrogens is 566 g/mol. The molecule has 3 rings (SSSR count). The summed E-state index contributed by atoms with van der Waals surface area (Å²) in [6.45, 7) is 13.6. The Kier molecular flexibility index (Phi) is 6.31.